The monoisotopic (exact) mass is 454 g/mol. The number of aryl methyl sites for hydroxylation is 1. The molecule has 0 aromatic carbocycles. The number of aromatic nitrogens is 2. The van der Waals surface area contributed by atoms with Crippen molar-refractivity contribution in [2.24, 2.45) is 16.8 Å². The SMILES string of the molecule is C=C/C=C\C=C(/C)CNC[C@@H](c1nc(C)c(C=NC)c(=O)[nH]1)C(C)CC.CC1CCCCC1. The normalized spacial score (nSPS) is 17.1. The van der Waals surface area contributed by atoms with Gasteiger partial charge < -0.3 is 10.3 Å². The average Bonchev–Trinajstić information content (AvgIpc) is 2.79. The van der Waals surface area contributed by atoms with Crippen LogP contribution < -0.4 is 10.9 Å². The van der Waals surface area contributed by atoms with Crippen molar-refractivity contribution in [3.8, 4) is 0 Å². The van der Waals surface area contributed by atoms with Crippen LogP contribution in [0.2, 0.25) is 0 Å². The molecular weight excluding hydrogens is 408 g/mol. The number of nitrogens with zero attached hydrogens (tertiary/aromatic N) is 2. The lowest BCUT2D eigenvalue weighted by atomic mass is 9.90. The van der Waals surface area contributed by atoms with Crippen LogP contribution in [0.1, 0.15) is 89.2 Å². The summed E-state index contributed by atoms with van der Waals surface area (Å²) >= 11 is 0. The molecule has 33 heavy (non-hydrogen) atoms. The lowest BCUT2D eigenvalue weighted by Crippen LogP contribution is -2.30. The zero-order chi connectivity index (χ0) is 24.6. The van der Waals surface area contributed by atoms with Gasteiger partial charge in [0.15, 0.2) is 0 Å². The van der Waals surface area contributed by atoms with Crippen molar-refractivity contribution < 1.29 is 0 Å². The quantitative estimate of drug-likeness (QED) is 0.330. The van der Waals surface area contributed by atoms with E-state index in [4.69, 9.17) is 0 Å². The van der Waals surface area contributed by atoms with Gasteiger partial charge in [-0.15, -0.1) is 0 Å². The Kier molecular flexibility index (Phi) is 14.3. The molecule has 1 aromatic heterocycles. The van der Waals surface area contributed by atoms with Crippen molar-refractivity contribution in [3.63, 3.8) is 0 Å². The maximum atomic E-state index is 12.4. The summed E-state index contributed by atoms with van der Waals surface area (Å²) in [5.41, 5.74) is 2.35. The predicted molar refractivity (Wildman–Crippen MR) is 144 cm³/mol. The molecule has 2 atom stereocenters. The molecule has 1 saturated carbocycles. The van der Waals surface area contributed by atoms with Gasteiger partial charge in [0.25, 0.3) is 5.56 Å². The lowest BCUT2D eigenvalue weighted by molar-refractivity contribution is 0.385. The van der Waals surface area contributed by atoms with E-state index in [1.807, 2.05) is 19.1 Å². The van der Waals surface area contributed by atoms with Gasteiger partial charge in [0, 0.05) is 32.3 Å². The molecule has 5 heteroatoms. The van der Waals surface area contributed by atoms with Crippen LogP contribution in [0.3, 0.4) is 0 Å². The highest BCUT2D eigenvalue weighted by Crippen LogP contribution is 2.24. The Balaban J connectivity index is 0.000000657. The maximum Gasteiger partial charge on any atom is 0.259 e. The van der Waals surface area contributed by atoms with Gasteiger partial charge >= 0.3 is 0 Å². The average molecular weight is 455 g/mol. The first-order valence-corrected chi connectivity index (χ1v) is 12.5. The van der Waals surface area contributed by atoms with Gasteiger partial charge in [-0.05, 0) is 25.7 Å². The van der Waals surface area contributed by atoms with Crippen molar-refractivity contribution in [3.05, 3.63) is 63.9 Å². The van der Waals surface area contributed by atoms with E-state index in [0.29, 0.717) is 17.2 Å². The molecule has 1 aromatic rings. The Bertz CT molecular complexity index is 844. The molecule has 1 aliphatic rings. The molecule has 2 N–H and O–H groups in total. The summed E-state index contributed by atoms with van der Waals surface area (Å²) in [5, 5.41) is 3.49. The lowest BCUT2D eigenvalue weighted by Gasteiger charge is -2.23. The number of aliphatic imine (C=N–C) groups is 1. The summed E-state index contributed by atoms with van der Waals surface area (Å²) in [7, 11) is 1.65. The molecule has 1 fully saturated rings. The topological polar surface area (TPSA) is 70.1 Å². The van der Waals surface area contributed by atoms with E-state index in [9.17, 15) is 4.79 Å². The Hall–Kier alpha value is -2.27. The van der Waals surface area contributed by atoms with Crippen LogP contribution in [0.15, 0.2) is 46.2 Å². The van der Waals surface area contributed by atoms with Crippen molar-refractivity contribution in [1.82, 2.24) is 15.3 Å². The summed E-state index contributed by atoms with van der Waals surface area (Å²) in [4.78, 5) is 23.9. The molecular formula is C28H46N4O. The second kappa shape index (κ2) is 16.4. The van der Waals surface area contributed by atoms with Gasteiger partial charge in [0.1, 0.15) is 5.82 Å². The smallest absolute Gasteiger partial charge is 0.259 e. The highest BCUT2D eigenvalue weighted by molar-refractivity contribution is 5.80. The van der Waals surface area contributed by atoms with Gasteiger partial charge in [-0.1, -0.05) is 95.8 Å². The third kappa shape index (κ3) is 10.9. The molecule has 5 nitrogen and oxygen atoms in total. The Morgan fingerprint density at radius 1 is 1.30 bits per heavy atom. The second-order valence-corrected chi connectivity index (χ2v) is 9.34. The van der Waals surface area contributed by atoms with Crippen LogP contribution in [0.25, 0.3) is 0 Å². The summed E-state index contributed by atoms with van der Waals surface area (Å²) < 4.78 is 0. The third-order valence-corrected chi connectivity index (χ3v) is 6.39. The van der Waals surface area contributed by atoms with Gasteiger partial charge in [0.2, 0.25) is 0 Å². The molecule has 1 heterocycles. The molecule has 1 unspecified atom stereocenters. The highest BCUT2D eigenvalue weighted by atomic mass is 16.1. The van der Waals surface area contributed by atoms with Crippen molar-refractivity contribution in [1.29, 1.82) is 0 Å². The largest absolute Gasteiger partial charge is 0.312 e. The summed E-state index contributed by atoms with van der Waals surface area (Å²) in [6.07, 6.45) is 17.7. The van der Waals surface area contributed by atoms with Crippen LogP contribution in [0.5, 0.6) is 0 Å². The van der Waals surface area contributed by atoms with E-state index >= 15 is 0 Å². The number of nitrogens with one attached hydrogen (secondary N) is 2. The van der Waals surface area contributed by atoms with Crippen molar-refractivity contribution in [2.45, 2.75) is 79.1 Å². The van der Waals surface area contributed by atoms with Crippen LogP contribution in [-0.2, 0) is 0 Å². The molecule has 2 rings (SSSR count). The first-order valence-electron chi connectivity index (χ1n) is 12.5. The number of hydrogen-bond donors (Lipinski definition) is 2. The van der Waals surface area contributed by atoms with E-state index in [1.54, 1.807) is 19.3 Å². The number of rotatable bonds is 10. The summed E-state index contributed by atoms with van der Waals surface area (Å²) in [6.45, 7) is 15.9. The number of H-pyrrole nitrogens is 1. The Labute approximate surface area is 201 Å². The van der Waals surface area contributed by atoms with Crippen molar-refractivity contribution in [2.75, 3.05) is 20.1 Å². The Morgan fingerprint density at radius 2 is 2.00 bits per heavy atom. The summed E-state index contributed by atoms with van der Waals surface area (Å²) in [6, 6.07) is 0. The third-order valence-electron chi connectivity index (χ3n) is 6.39. The summed E-state index contributed by atoms with van der Waals surface area (Å²) in [5.74, 6) is 2.33. The molecule has 184 valence electrons. The fourth-order valence-electron chi connectivity index (χ4n) is 4.01. The molecule has 0 aliphatic heterocycles. The zero-order valence-electron chi connectivity index (χ0n) is 21.8. The Morgan fingerprint density at radius 3 is 2.52 bits per heavy atom. The molecule has 0 amide bonds. The van der Waals surface area contributed by atoms with E-state index in [1.165, 1.54) is 37.7 Å². The predicted octanol–water partition coefficient (Wildman–Crippen LogP) is 6.12. The van der Waals surface area contributed by atoms with E-state index in [-0.39, 0.29) is 11.5 Å². The van der Waals surface area contributed by atoms with Crippen LogP contribution in [-0.4, -0.2) is 36.3 Å². The first-order chi connectivity index (χ1) is 15.8. The minimum atomic E-state index is -0.128. The molecule has 0 saturated heterocycles. The molecule has 0 spiro atoms. The van der Waals surface area contributed by atoms with Crippen LogP contribution in [0, 0.1) is 18.8 Å². The van der Waals surface area contributed by atoms with Gasteiger partial charge in [-0.3, -0.25) is 9.79 Å². The van der Waals surface area contributed by atoms with Gasteiger partial charge in [-0.25, -0.2) is 4.98 Å². The van der Waals surface area contributed by atoms with Crippen LogP contribution in [0.4, 0.5) is 0 Å². The van der Waals surface area contributed by atoms with Gasteiger partial charge in [-0.2, -0.15) is 0 Å². The second-order valence-electron chi connectivity index (χ2n) is 9.34. The van der Waals surface area contributed by atoms with E-state index < -0.39 is 0 Å². The number of aromatic amines is 1. The number of hydrogen-bond acceptors (Lipinski definition) is 4. The molecule has 0 radical (unpaired) electrons. The molecule has 1 aliphatic carbocycles. The first kappa shape index (κ1) is 28.8. The fraction of sp³-hybridized carbons (Fsp3) is 0.607. The minimum absolute atomic E-state index is 0.128. The standard InChI is InChI=1S/C21H32N4O.C7H14/c1-7-9-10-11-15(3)12-23-14-18(16(4)8-2)20-24-17(5)19(13-22-6)21(26)25-20;1-7-5-3-2-4-6-7/h7,9-11,13,16,18,23H,1,8,12,14H2,2-6H3,(H,24,25,26);7H,2-6H2,1H3/b10-9-,15-11+,22-13?;/t16?,18-;/m1./s1. The van der Waals surface area contributed by atoms with Gasteiger partial charge in [0.05, 0.1) is 11.3 Å². The number of allylic oxidation sites excluding steroid dienone is 4. The maximum absolute atomic E-state index is 12.4. The fourth-order valence-corrected chi connectivity index (χ4v) is 4.01. The highest BCUT2D eigenvalue weighted by Gasteiger charge is 2.21. The zero-order valence-corrected chi connectivity index (χ0v) is 21.8. The van der Waals surface area contributed by atoms with Crippen LogP contribution >= 0.6 is 0 Å². The minimum Gasteiger partial charge on any atom is -0.312 e. The van der Waals surface area contributed by atoms with Crippen molar-refractivity contribution >= 4 is 6.21 Å². The molecule has 0 bridgehead atoms. The van der Waals surface area contributed by atoms with E-state index in [2.05, 4.69) is 60.6 Å². The van der Waals surface area contributed by atoms with E-state index in [0.717, 1.165) is 31.3 Å².